The molecule has 28 heavy (non-hydrogen) atoms. The lowest BCUT2D eigenvalue weighted by molar-refractivity contribution is 0.0600. The standard InChI is InChI=1S/C19H20Cl2N2O3S.ClH/c1-10(2)23-7-6-13-15(9-23)27-18(16(13)19(25)26-3)22-17(24)12-5-4-11(20)8-14(12)21;/h4-5,8,10H,6-7,9H2,1-3H3,(H,22,24);1H. The predicted octanol–water partition coefficient (Wildman–Crippen LogP) is 5.28. The summed E-state index contributed by atoms with van der Waals surface area (Å²) in [5, 5.41) is 4.04. The van der Waals surface area contributed by atoms with Gasteiger partial charge in [0.1, 0.15) is 5.00 Å². The number of methoxy groups -OCH3 is 1. The molecule has 0 bridgehead atoms. The Morgan fingerprint density at radius 3 is 2.61 bits per heavy atom. The molecule has 0 spiro atoms. The summed E-state index contributed by atoms with van der Waals surface area (Å²) in [6, 6.07) is 5.09. The van der Waals surface area contributed by atoms with Gasteiger partial charge in [0.25, 0.3) is 5.91 Å². The maximum absolute atomic E-state index is 12.7. The Balaban J connectivity index is 0.00000280. The van der Waals surface area contributed by atoms with Crippen LogP contribution in [0.15, 0.2) is 18.2 Å². The van der Waals surface area contributed by atoms with Crippen molar-refractivity contribution in [2.45, 2.75) is 32.9 Å². The number of carbonyl (C=O) groups is 2. The topological polar surface area (TPSA) is 58.6 Å². The van der Waals surface area contributed by atoms with E-state index in [1.165, 1.54) is 24.5 Å². The molecule has 0 unspecified atom stereocenters. The van der Waals surface area contributed by atoms with E-state index in [0.29, 0.717) is 27.2 Å². The number of fused-ring (bicyclic) bond motifs is 1. The number of hydrogen-bond donors (Lipinski definition) is 1. The Hall–Kier alpha value is -1.31. The summed E-state index contributed by atoms with van der Waals surface area (Å²) in [5.41, 5.74) is 1.70. The van der Waals surface area contributed by atoms with Crippen LogP contribution >= 0.6 is 46.9 Å². The number of carbonyl (C=O) groups excluding carboxylic acids is 2. The van der Waals surface area contributed by atoms with E-state index < -0.39 is 5.97 Å². The number of nitrogens with zero attached hydrogens (tertiary/aromatic N) is 1. The normalized spacial score (nSPS) is 13.6. The molecule has 2 aromatic rings. The zero-order chi connectivity index (χ0) is 19.7. The van der Waals surface area contributed by atoms with Crippen molar-refractivity contribution in [2.75, 3.05) is 19.0 Å². The van der Waals surface area contributed by atoms with E-state index in [1.54, 1.807) is 12.1 Å². The predicted molar refractivity (Wildman–Crippen MR) is 117 cm³/mol. The third kappa shape index (κ3) is 4.63. The molecule has 152 valence electrons. The number of thiophene rings is 1. The molecule has 5 nitrogen and oxygen atoms in total. The number of amides is 1. The lowest BCUT2D eigenvalue weighted by Gasteiger charge is -2.30. The van der Waals surface area contributed by atoms with Crippen LogP contribution in [0, 0.1) is 0 Å². The largest absolute Gasteiger partial charge is 0.465 e. The monoisotopic (exact) mass is 462 g/mol. The van der Waals surface area contributed by atoms with E-state index in [2.05, 4.69) is 24.1 Å². The van der Waals surface area contributed by atoms with Crippen LogP contribution in [-0.4, -0.2) is 36.5 Å². The summed E-state index contributed by atoms with van der Waals surface area (Å²) >= 11 is 13.4. The van der Waals surface area contributed by atoms with Gasteiger partial charge in [-0.15, -0.1) is 23.7 Å². The zero-order valence-electron chi connectivity index (χ0n) is 15.7. The molecule has 1 aromatic carbocycles. The van der Waals surface area contributed by atoms with Crippen LogP contribution < -0.4 is 5.32 Å². The average molecular weight is 464 g/mol. The summed E-state index contributed by atoms with van der Waals surface area (Å²) in [4.78, 5) is 28.5. The van der Waals surface area contributed by atoms with Crippen molar-refractivity contribution in [3.8, 4) is 0 Å². The van der Waals surface area contributed by atoms with Crippen molar-refractivity contribution in [2.24, 2.45) is 0 Å². The third-order valence-corrected chi connectivity index (χ3v) is 6.29. The Labute approximate surface area is 184 Å². The van der Waals surface area contributed by atoms with Gasteiger partial charge in [-0.05, 0) is 44.0 Å². The Morgan fingerprint density at radius 2 is 2.00 bits per heavy atom. The molecule has 0 aliphatic carbocycles. The smallest absolute Gasteiger partial charge is 0.341 e. The molecule has 1 aromatic heterocycles. The molecule has 0 saturated heterocycles. The molecule has 0 fully saturated rings. The van der Waals surface area contributed by atoms with Gasteiger partial charge < -0.3 is 10.1 Å². The first kappa shape index (κ1) is 23.0. The number of benzene rings is 1. The van der Waals surface area contributed by atoms with Gasteiger partial charge in [0, 0.05) is 29.0 Å². The van der Waals surface area contributed by atoms with Gasteiger partial charge in [-0.1, -0.05) is 23.2 Å². The number of ether oxygens (including phenoxy) is 1. The van der Waals surface area contributed by atoms with Crippen LogP contribution in [0.1, 0.15) is 45.0 Å². The van der Waals surface area contributed by atoms with Gasteiger partial charge in [0.05, 0.1) is 23.3 Å². The maximum atomic E-state index is 12.7. The molecule has 1 aliphatic heterocycles. The van der Waals surface area contributed by atoms with E-state index in [4.69, 9.17) is 27.9 Å². The third-order valence-electron chi connectivity index (χ3n) is 4.61. The minimum atomic E-state index is -0.442. The molecule has 9 heteroatoms. The van der Waals surface area contributed by atoms with Gasteiger partial charge in [-0.2, -0.15) is 0 Å². The van der Waals surface area contributed by atoms with E-state index >= 15 is 0 Å². The highest BCUT2D eigenvalue weighted by Gasteiger charge is 2.30. The Bertz CT molecular complexity index is 899. The lowest BCUT2D eigenvalue weighted by atomic mass is 10.0. The molecular weight excluding hydrogens is 443 g/mol. The van der Waals surface area contributed by atoms with Crippen LogP contribution in [-0.2, 0) is 17.7 Å². The van der Waals surface area contributed by atoms with E-state index in [9.17, 15) is 9.59 Å². The number of anilines is 1. The van der Waals surface area contributed by atoms with Gasteiger partial charge in [-0.3, -0.25) is 9.69 Å². The van der Waals surface area contributed by atoms with Gasteiger partial charge in [0.2, 0.25) is 0 Å². The fourth-order valence-corrected chi connectivity index (χ4v) is 4.86. The first-order valence-electron chi connectivity index (χ1n) is 8.55. The van der Waals surface area contributed by atoms with Crippen LogP contribution in [0.4, 0.5) is 5.00 Å². The highest BCUT2D eigenvalue weighted by molar-refractivity contribution is 7.17. The minimum absolute atomic E-state index is 0. The molecule has 1 N–H and O–H groups in total. The first-order valence-corrected chi connectivity index (χ1v) is 10.1. The highest BCUT2D eigenvalue weighted by atomic mass is 35.5. The van der Waals surface area contributed by atoms with Gasteiger partial charge in [0.15, 0.2) is 0 Å². The number of nitrogens with one attached hydrogen (secondary N) is 1. The van der Waals surface area contributed by atoms with Gasteiger partial charge >= 0.3 is 5.97 Å². The maximum Gasteiger partial charge on any atom is 0.341 e. The molecule has 0 saturated carbocycles. The van der Waals surface area contributed by atoms with Crippen molar-refractivity contribution in [3.63, 3.8) is 0 Å². The number of halogens is 3. The van der Waals surface area contributed by atoms with Crippen molar-refractivity contribution < 1.29 is 14.3 Å². The number of rotatable bonds is 4. The SMILES string of the molecule is COC(=O)c1c(NC(=O)c2ccc(Cl)cc2Cl)sc2c1CCN(C(C)C)C2.Cl. The van der Waals surface area contributed by atoms with E-state index in [0.717, 1.165) is 30.0 Å². The molecule has 1 amide bonds. The minimum Gasteiger partial charge on any atom is -0.465 e. The highest BCUT2D eigenvalue weighted by Crippen LogP contribution is 2.38. The fourth-order valence-electron chi connectivity index (χ4n) is 3.11. The fraction of sp³-hybridized carbons (Fsp3) is 0.368. The Kier molecular flexibility index (Phi) is 7.76. The van der Waals surface area contributed by atoms with Crippen LogP contribution in [0.3, 0.4) is 0 Å². The van der Waals surface area contributed by atoms with Gasteiger partial charge in [-0.25, -0.2) is 4.79 Å². The van der Waals surface area contributed by atoms with Crippen molar-refractivity contribution in [1.29, 1.82) is 0 Å². The first-order chi connectivity index (χ1) is 12.8. The van der Waals surface area contributed by atoms with Crippen molar-refractivity contribution in [1.82, 2.24) is 4.90 Å². The van der Waals surface area contributed by atoms with E-state index in [1.807, 2.05) is 0 Å². The molecule has 0 radical (unpaired) electrons. The molecule has 3 rings (SSSR count). The number of hydrogen-bond acceptors (Lipinski definition) is 5. The summed E-state index contributed by atoms with van der Waals surface area (Å²) in [6.45, 7) is 5.90. The molecule has 2 heterocycles. The lowest BCUT2D eigenvalue weighted by Crippen LogP contribution is -2.35. The summed E-state index contributed by atoms with van der Waals surface area (Å²) < 4.78 is 4.96. The second kappa shape index (κ2) is 9.46. The van der Waals surface area contributed by atoms with Crippen LogP contribution in [0.25, 0.3) is 0 Å². The van der Waals surface area contributed by atoms with E-state index in [-0.39, 0.29) is 23.3 Å². The number of esters is 1. The quantitative estimate of drug-likeness (QED) is 0.627. The summed E-state index contributed by atoms with van der Waals surface area (Å²) in [6.07, 6.45) is 0.742. The second-order valence-corrected chi connectivity index (χ2v) is 8.54. The van der Waals surface area contributed by atoms with Crippen molar-refractivity contribution in [3.05, 3.63) is 49.8 Å². The molecular formula is C19H21Cl3N2O3S. The Morgan fingerprint density at radius 1 is 1.29 bits per heavy atom. The zero-order valence-corrected chi connectivity index (χ0v) is 18.8. The second-order valence-electron chi connectivity index (χ2n) is 6.59. The van der Waals surface area contributed by atoms with Crippen LogP contribution in [0.5, 0.6) is 0 Å². The summed E-state index contributed by atoms with van der Waals surface area (Å²) in [7, 11) is 1.34. The average Bonchev–Trinajstić information content (AvgIpc) is 2.97. The molecule has 0 atom stereocenters. The molecule has 1 aliphatic rings. The van der Waals surface area contributed by atoms with Crippen molar-refractivity contribution >= 4 is 63.8 Å². The van der Waals surface area contributed by atoms with Crippen LogP contribution in [0.2, 0.25) is 10.0 Å². The summed E-state index contributed by atoms with van der Waals surface area (Å²) in [5.74, 6) is -0.830.